The molecule has 4 N–H and O–H groups in total. The minimum atomic E-state index is -3.87. The minimum absolute atomic E-state index is 0.0278. The molecule has 1 aliphatic rings. The van der Waals surface area contributed by atoms with Gasteiger partial charge in [0.05, 0.1) is 16.4 Å². The molecule has 0 atom stereocenters. The van der Waals surface area contributed by atoms with Crippen molar-refractivity contribution in [2.45, 2.75) is 24.7 Å². The summed E-state index contributed by atoms with van der Waals surface area (Å²) >= 11 is 0. The zero-order valence-corrected chi connectivity index (χ0v) is 17.0. The minimum Gasteiger partial charge on any atom is -0.357 e. The Morgan fingerprint density at radius 2 is 1.93 bits per heavy atom. The van der Waals surface area contributed by atoms with Gasteiger partial charge < -0.3 is 16.0 Å². The number of carbonyl (C=O) groups is 1. The van der Waals surface area contributed by atoms with E-state index in [1.807, 2.05) is 6.92 Å². The van der Waals surface area contributed by atoms with Crippen LogP contribution in [0.15, 0.2) is 34.2 Å². The number of non-ortho nitro benzene ring substituents is 1. The summed E-state index contributed by atoms with van der Waals surface area (Å²) in [5, 5.41) is 19.7. The molecule has 0 spiro atoms. The molecule has 1 fully saturated rings. The number of nitrogens with zero attached hydrogens (tertiary/aromatic N) is 2. The van der Waals surface area contributed by atoms with Gasteiger partial charge in [-0.05, 0) is 25.8 Å². The summed E-state index contributed by atoms with van der Waals surface area (Å²) < 4.78 is 26.9. The molecule has 1 aromatic rings. The van der Waals surface area contributed by atoms with E-state index >= 15 is 0 Å². The first-order valence-electron chi connectivity index (χ1n) is 9.37. The maximum absolute atomic E-state index is 12.3. The third-order valence-electron chi connectivity index (χ3n) is 4.02. The molecule has 1 amide bonds. The molecule has 1 aromatic carbocycles. The molecule has 1 aliphatic carbocycles. The number of sulfonamides is 1. The predicted molar refractivity (Wildman–Crippen MR) is 108 cm³/mol. The van der Waals surface area contributed by atoms with E-state index in [4.69, 9.17) is 0 Å². The molecule has 11 nitrogen and oxygen atoms in total. The number of amides is 1. The van der Waals surface area contributed by atoms with Gasteiger partial charge in [-0.2, -0.15) is 0 Å². The highest BCUT2D eigenvalue weighted by Crippen LogP contribution is 2.28. The summed E-state index contributed by atoms with van der Waals surface area (Å²) in [5.74, 6) is 0.739. The van der Waals surface area contributed by atoms with Gasteiger partial charge in [-0.1, -0.05) is 6.07 Å². The zero-order chi connectivity index (χ0) is 21.3. The van der Waals surface area contributed by atoms with Crippen LogP contribution in [-0.2, 0) is 14.8 Å². The molecular weight excluding hydrogens is 400 g/mol. The number of guanidine groups is 1. The van der Waals surface area contributed by atoms with Gasteiger partial charge in [-0.15, -0.1) is 0 Å². The number of nitrogens with one attached hydrogen (secondary N) is 4. The van der Waals surface area contributed by atoms with Gasteiger partial charge in [0, 0.05) is 44.2 Å². The lowest BCUT2D eigenvalue weighted by Gasteiger charge is -2.12. The average Bonchev–Trinajstić information content (AvgIpc) is 3.53. The number of nitro benzene ring substituents is 1. The van der Waals surface area contributed by atoms with Gasteiger partial charge in [-0.3, -0.25) is 19.9 Å². The monoisotopic (exact) mass is 426 g/mol. The zero-order valence-electron chi connectivity index (χ0n) is 16.2. The molecule has 0 aliphatic heterocycles. The van der Waals surface area contributed by atoms with Crippen LogP contribution in [0.4, 0.5) is 5.69 Å². The SMILES string of the molecule is CCNC(=NCCNS(=O)(=O)c1cccc([N+](=O)[O-])c1)NCCNC(=O)C1CC1. The van der Waals surface area contributed by atoms with Crippen LogP contribution >= 0.6 is 0 Å². The quantitative estimate of drug-likeness (QED) is 0.127. The molecule has 0 unspecified atom stereocenters. The Labute approximate surface area is 169 Å². The first-order valence-corrected chi connectivity index (χ1v) is 10.9. The lowest BCUT2D eigenvalue weighted by Crippen LogP contribution is -2.42. The third kappa shape index (κ3) is 7.66. The van der Waals surface area contributed by atoms with Crippen molar-refractivity contribution in [2.24, 2.45) is 10.9 Å². The highest BCUT2D eigenvalue weighted by molar-refractivity contribution is 7.89. The number of nitro groups is 1. The summed E-state index contributed by atoms with van der Waals surface area (Å²) in [4.78, 5) is 25.8. The van der Waals surface area contributed by atoms with Crippen molar-refractivity contribution < 1.29 is 18.1 Å². The van der Waals surface area contributed by atoms with Crippen molar-refractivity contribution in [1.82, 2.24) is 20.7 Å². The maximum atomic E-state index is 12.3. The average molecular weight is 426 g/mol. The topological polar surface area (TPSA) is 155 Å². The lowest BCUT2D eigenvalue weighted by molar-refractivity contribution is -0.385. The second kappa shape index (κ2) is 10.7. The number of aliphatic imine (C=N–C) groups is 1. The summed E-state index contributed by atoms with van der Waals surface area (Å²) in [5.41, 5.74) is -0.293. The lowest BCUT2D eigenvalue weighted by atomic mass is 10.3. The standard InChI is InChI=1S/C17H26N6O5S/c1-2-18-17(20-9-8-19-16(24)13-6-7-13)21-10-11-22-29(27,28)15-5-3-4-14(12-15)23(25)26/h3-5,12-13,22H,2,6-11H2,1H3,(H,19,24)(H2,18,20,21). The van der Waals surface area contributed by atoms with Crippen molar-refractivity contribution in [3.8, 4) is 0 Å². The maximum Gasteiger partial charge on any atom is 0.270 e. The van der Waals surface area contributed by atoms with Gasteiger partial charge in [0.25, 0.3) is 5.69 Å². The third-order valence-corrected chi connectivity index (χ3v) is 5.48. The van der Waals surface area contributed by atoms with Gasteiger partial charge in [-0.25, -0.2) is 13.1 Å². The number of carbonyl (C=O) groups excluding carboxylic acids is 1. The van der Waals surface area contributed by atoms with Gasteiger partial charge in [0.2, 0.25) is 15.9 Å². The number of rotatable bonds is 11. The highest BCUT2D eigenvalue weighted by atomic mass is 32.2. The van der Waals surface area contributed by atoms with Crippen LogP contribution in [-0.4, -0.2) is 57.9 Å². The van der Waals surface area contributed by atoms with Crippen LogP contribution in [0.1, 0.15) is 19.8 Å². The molecule has 0 heterocycles. The van der Waals surface area contributed by atoms with Crippen molar-refractivity contribution in [1.29, 1.82) is 0 Å². The molecule has 12 heteroatoms. The molecule has 0 aromatic heterocycles. The number of hydrogen-bond acceptors (Lipinski definition) is 6. The van der Waals surface area contributed by atoms with E-state index in [9.17, 15) is 23.3 Å². The van der Waals surface area contributed by atoms with Crippen LogP contribution in [0.25, 0.3) is 0 Å². The van der Waals surface area contributed by atoms with Gasteiger partial charge >= 0.3 is 0 Å². The molecule has 160 valence electrons. The Hall–Kier alpha value is -2.73. The van der Waals surface area contributed by atoms with Crippen LogP contribution in [0.2, 0.25) is 0 Å². The molecule has 0 radical (unpaired) electrons. The van der Waals surface area contributed by atoms with Crippen molar-refractivity contribution >= 4 is 27.6 Å². The van der Waals surface area contributed by atoms with Gasteiger partial charge in [0.15, 0.2) is 5.96 Å². The van der Waals surface area contributed by atoms with E-state index in [2.05, 4.69) is 25.7 Å². The Morgan fingerprint density at radius 1 is 1.21 bits per heavy atom. The largest absolute Gasteiger partial charge is 0.357 e. The fourth-order valence-electron chi connectivity index (χ4n) is 2.39. The first-order chi connectivity index (χ1) is 13.8. The Balaban J connectivity index is 1.79. The smallest absolute Gasteiger partial charge is 0.270 e. The van der Waals surface area contributed by atoms with E-state index in [0.717, 1.165) is 18.9 Å². The second-order valence-electron chi connectivity index (χ2n) is 6.40. The highest BCUT2D eigenvalue weighted by Gasteiger charge is 2.28. The van der Waals surface area contributed by atoms with Crippen molar-refractivity contribution in [3.05, 3.63) is 34.4 Å². The van der Waals surface area contributed by atoms with Crippen LogP contribution < -0.4 is 20.7 Å². The molecule has 2 rings (SSSR count). The predicted octanol–water partition coefficient (Wildman–Crippen LogP) is -0.0456. The molecular formula is C17H26N6O5S. The van der Waals surface area contributed by atoms with Gasteiger partial charge in [0.1, 0.15) is 0 Å². The Kier molecular flexibility index (Phi) is 8.34. The van der Waals surface area contributed by atoms with Crippen molar-refractivity contribution in [2.75, 3.05) is 32.7 Å². The van der Waals surface area contributed by atoms with E-state index in [1.54, 1.807) is 0 Å². The fraction of sp³-hybridized carbons (Fsp3) is 0.529. The van der Waals surface area contributed by atoms with E-state index in [-0.39, 0.29) is 35.5 Å². The molecule has 0 bridgehead atoms. The second-order valence-corrected chi connectivity index (χ2v) is 8.17. The normalized spacial score (nSPS) is 14.3. The fourth-order valence-corrected chi connectivity index (χ4v) is 3.45. The number of benzene rings is 1. The first kappa shape index (κ1) is 22.6. The Bertz CT molecular complexity index is 854. The number of hydrogen-bond donors (Lipinski definition) is 4. The van der Waals surface area contributed by atoms with Crippen LogP contribution in [0, 0.1) is 16.0 Å². The summed E-state index contributed by atoms with van der Waals surface area (Å²) in [6, 6.07) is 4.85. The molecule has 1 saturated carbocycles. The summed E-state index contributed by atoms with van der Waals surface area (Å²) in [6.07, 6.45) is 1.91. The van der Waals surface area contributed by atoms with Crippen LogP contribution in [0.5, 0.6) is 0 Å². The summed E-state index contributed by atoms with van der Waals surface area (Å²) in [7, 11) is -3.87. The van der Waals surface area contributed by atoms with Crippen LogP contribution in [0.3, 0.4) is 0 Å². The Morgan fingerprint density at radius 3 is 2.59 bits per heavy atom. The molecule has 0 saturated heterocycles. The van der Waals surface area contributed by atoms with E-state index in [0.29, 0.717) is 25.6 Å². The van der Waals surface area contributed by atoms with Crippen molar-refractivity contribution in [3.63, 3.8) is 0 Å². The van der Waals surface area contributed by atoms with E-state index in [1.165, 1.54) is 18.2 Å². The van der Waals surface area contributed by atoms with E-state index < -0.39 is 14.9 Å². The molecule has 29 heavy (non-hydrogen) atoms. The summed E-state index contributed by atoms with van der Waals surface area (Å²) in [6.45, 7) is 3.68.